The van der Waals surface area contributed by atoms with E-state index in [9.17, 15) is 0 Å². The summed E-state index contributed by atoms with van der Waals surface area (Å²) in [6.45, 7) is 0. The summed E-state index contributed by atoms with van der Waals surface area (Å²) in [5, 5.41) is 10.9. The van der Waals surface area contributed by atoms with Gasteiger partial charge in [-0.2, -0.15) is 10.1 Å². The lowest BCUT2D eigenvalue weighted by atomic mass is 10.0. The quantitative estimate of drug-likeness (QED) is 0.729. The van der Waals surface area contributed by atoms with Crippen LogP contribution < -0.4 is 5.32 Å². The van der Waals surface area contributed by atoms with Crippen molar-refractivity contribution in [3.05, 3.63) is 68.6 Å². The van der Waals surface area contributed by atoms with Gasteiger partial charge < -0.3 is 5.32 Å². The van der Waals surface area contributed by atoms with E-state index in [1.165, 1.54) is 6.33 Å². The van der Waals surface area contributed by atoms with Crippen LogP contribution in [0.4, 0.5) is 5.95 Å². The van der Waals surface area contributed by atoms with E-state index in [2.05, 4.69) is 27.5 Å². The standard InChI is InChI=1S/C15H10Cl2N4S/c16-9-3-4-10(11(17)6-9)13-7-12(14-2-1-5-22-14)20-15-18-8-19-21(13)15/h1-8,13H,(H,18,19,20)/t13-/m0/s1. The molecule has 1 aliphatic rings. The third kappa shape index (κ3) is 2.31. The number of nitrogens with one attached hydrogen (secondary N) is 1. The number of benzene rings is 1. The molecule has 3 heterocycles. The second-order valence-corrected chi connectivity index (χ2v) is 6.61. The van der Waals surface area contributed by atoms with Crippen LogP contribution in [0, 0.1) is 0 Å². The van der Waals surface area contributed by atoms with Crippen LogP contribution in [0.2, 0.25) is 10.0 Å². The van der Waals surface area contributed by atoms with Gasteiger partial charge >= 0.3 is 0 Å². The number of anilines is 1. The molecule has 7 heteroatoms. The van der Waals surface area contributed by atoms with Crippen LogP contribution in [0.1, 0.15) is 16.5 Å². The summed E-state index contributed by atoms with van der Waals surface area (Å²) >= 11 is 14.0. The highest BCUT2D eigenvalue weighted by Crippen LogP contribution is 2.36. The van der Waals surface area contributed by atoms with Crippen molar-refractivity contribution < 1.29 is 0 Å². The van der Waals surface area contributed by atoms with Gasteiger partial charge in [-0.1, -0.05) is 35.3 Å². The molecule has 1 N–H and O–H groups in total. The van der Waals surface area contributed by atoms with Gasteiger partial charge in [0.2, 0.25) is 5.95 Å². The summed E-state index contributed by atoms with van der Waals surface area (Å²) in [4.78, 5) is 5.42. The average molecular weight is 349 g/mol. The molecule has 0 aliphatic carbocycles. The zero-order valence-electron chi connectivity index (χ0n) is 11.2. The average Bonchev–Trinajstić information content (AvgIpc) is 3.18. The Bertz CT molecular complexity index is 854. The maximum Gasteiger partial charge on any atom is 0.226 e. The predicted molar refractivity (Wildman–Crippen MR) is 90.5 cm³/mol. The Morgan fingerprint density at radius 2 is 2.14 bits per heavy atom. The molecular formula is C15H10Cl2N4S. The Balaban J connectivity index is 1.86. The Morgan fingerprint density at radius 3 is 2.91 bits per heavy atom. The van der Waals surface area contributed by atoms with E-state index in [1.807, 2.05) is 28.3 Å². The smallest absolute Gasteiger partial charge is 0.226 e. The summed E-state index contributed by atoms with van der Waals surface area (Å²) < 4.78 is 1.81. The monoisotopic (exact) mass is 348 g/mol. The highest BCUT2D eigenvalue weighted by molar-refractivity contribution is 7.11. The number of nitrogens with zero attached hydrogens (tertiary/aromatic N) is 3. The first kappa shape index (κ1) is 13.8. The molecule has 0 spiro atoms. The third-order valence-electron chi connectivity index (χ3n) is 3.48. The molecule has 4 rings (SSSR count). The van der Waals surface area contributed by atoms with Crippen molar-refractivity contribution in [2.45, 2.75) is 6.04 Å². The molecule has 22 heavy (non-hydrogen) atoms. The minimum absolute atomic E-state index is 0.124. The van der Waals surface area contributed by atoms with Crippen molar-refractivity contribution in [1.29, 1.82) is 0 Å². The van der Waals surface area contributed by atoms with Crippen LogP contribution in [0.25, 0.3) is 5.70 Å². The first-order valence-electron chi connectivity index (χ1n) is 6.59. The van der Waals surface area contributed by atoms with Gasteiger partial charge in [-0.3, -0.25) is 0 Å². The molecule has 0 radical (unpaired) electrons. The summed E-state index contributed by atoms with van der Waals surface area (Å²) in [5.41, 5.74) is 1.94. The van der Waals surface area contributed by atoms with Crippen LogP contribution in [0.15, 0.2) is 48.1 Å². The highest BCUT2D eigenvalue weighted by atomic mass is 35.5. The third-order valence-corrected chi connectivity index (χ3v) is 4.94. The van der Waals surface area contributed by atoms with Crippen LogP contribution in [-0.4, -0.2) is 14.8 Å². The van der Waals surface area contributed by atoms with E-state index in [-0.39, 0.29) is 6.04 Å². The van der Waals surface area contributed by atoms with Gasteiger partial charge in [0.05, 0.1) is 10.6 Å². The molecule has 3 aromatic rings. The minimum Gasteiger partial charge on any atom is -0.323 e. The molecular weight excluding hydrogens is 339 g/mol. The number of hydrogen-bond donors (Lipinski definition) is 1. The lowest BCUT2D eigenvalue weighted by molar-refractivity contribution is 0.612. The number of allylic oxidation sites excluding steroid dienone is 1. The van der Waals surface area contributed by atoms with Gasteiger partial charge in [0.25, 0.3) is 0 Å². The maximum absolute atomic E-state index is 6.38. The molecule has 0 fully saturated rings. The number of thiophene rings is 1. The molecule has 0 saturated heterocycles. The van der Waals surface area contributed by atoms with Gasteiger partial charge in [0.1, 0.15) is 12.4 Å². The topological polar surface area (TPSA) is 42.7 Å². The largest absolute Gasteiger partial charge is 0.323 e. The molecule has 1 aromatic carbocycles. The van der Waals surface area contributed by atoms with Crippen molar-refractivity contribution >= 4 is 46.2 Å². The molecule has 0 unspecified atom stereocenters. The van der Waals surface area contributed by atoms with Gasteiger partial charge in [0, 0.05) is 10.0 Å². The molecule has 110 valence electrons. The fourth-order valence-electron chi connectivity index (χ4n) is 2.47. The highest BCUT2D eigenvalue weighted by Gasteiger charge is 2.25. The molecule has 4 nitrogen and oxygen atoms in total. The zero-order chi connectivity index (χ0) is 15.1. The maximum atomic E-state index is 6.38. The zero-order valence-corrected chi connectivity index (χ0v) is 13.5. The number of halogens is 2. The van der Waals surface area contributed by atoms with Crippen LogP contribution >= 0.6 is 34.5 Å². The SMILES string of the molecule is Clc1ccc([C@@H]2C=C(c3cccs3)Nc3ncnn32)c(Cl)c1. The molecule has 2 aromatic heterocycles. The van der Waals surface area contributed by atoms with Crippen LogP contribution in [0.3, 0.4) is 0 Å². The minimum atomic E-state index is -0.124. The predicted octanol–water partition coefficient (Wildman–Crippen LogP) is 4.70. The van der Waals surface area contributed by atoms with E-state index < -0.39 is 0 Å². The van der Waals surface area contributed by atoms with Crippen molar-refractivity contribution in [2.24, 2.45) is 0 Å². The van der Waals surface area contributed by atoms with E-state index in [4.69, 9.17) is 23.2 Å². The second-order valence-electron chi connectivity index (χ2n) is 4.82. The van der Waals surface area contributed by atoms with Crippen molar-refractivity contribution in [2.75, 3.05) is 5.32 Å². The van der Waals surface area contributed by atoms with Crippen LogP contribution in [-0.2, 0) is 0 Å². The Hall–Kier alpha value is -1.82. The fraction of sp³-hybridized carbons (Fsp3) is 0.0667. The Labute approximate surface area is 141 Å². The van der Waals surface area contributed by atoms with Crippen molar-refractivity contribution in [1.82, 2.24) is 14.8 Å². The lowest BCUT2D eigenvalue weighted by Gasteiger charge is -2.24. The van der Waals surface area contributed by atoms with E-state index in [0.717, 1.165) is 16.1 Å². The molecule has 0 bridgehead atoms. The van der Waals surface area contributed by atoms with E-state index in [1.54, 1.807) is 17.4 Å². The molecule has 1 atom stereocenters. The molecule has 1 aliphatic heterocycles. The fourth-order valence-corrected chi connectivity index (χ4v) is 3.70. The first-order valence-corrected chi connectivity index (χ1v) is 8.23. The summed E-state index contributed by atoms with van der Waals surface area (Å²) in [6, 6.07) is 9.47. The summed E-state index contributed by atoms with van der Waals surface area (Å²) in [6.07, 6.45) is 3.63. The van der Waals surface area contributed by atoms with Crippen molar-refractivity contribution in [3.8, 4) is 0 Å². The Morgan fingerprint density at radius 1 is 1.23 bits per heavy atom. The first-order chi connectivity index (χ1) is 10.7. The Kier molecular flexibility index (Phi) is 3.41. The number of hydrogen-bond acceptors (Lipinski definition) is 4. The second kappa shape index (κ2) is 5.43. The summed E-state index contributed by atoms with van der Waals surface area (Å²) in [7, 11) is 0. The van der Waals surface area contributed by atoms with Gasteiger partial charge in [-0.05, 0) is 35.2 Å². The number of fused-ring (bicyclic) bond motifs is 1. The molecule has 0 amide bonds. The van der Waals surface area contributed by atoms with Gasteiger partial charge in [-0.25, -0.2) is 4.68 Å². The normalized spacial score (nSPS) is 16.8. The number of aromatic nitrogens is 3. The lowest BCUT2D eigenvalue weighted by Crippen LogP contribution is -2.20. The van der Waals surface area contributed by atoms with Crippen molar-refractivity contribution in [3.63, 3.8) is 0 Å². The van der Waals surface area contributed by atoms with Crippen LogP contribution in [0.5, 0.6) is 0 Å². The van der Waals surface area contributed by atoms with Gasteiger partial charge in [-0.15, -0.1) is 11.3 Å². The van der Waals surface area contributed by atoms with E-state index in [0.29, 0.717) is 16.0 Å². The van der Waals surface area contributed by atoms with Gasteiger partial charge in [0.15, 0.2) is 0 Å². The number of rotatable bonds is 2. The summed E-state index contributed by atoms with van der Waals surface area (Å²) in [5.74, 6) is 0.696. The van der Waals surface area contributed by atoms with E-state index >= 15 is 0 Å². The molecule has 0 saturated carbocycles.